The maximum atomic E-state index is 12.5. The number of aliphatic hydroxyl groups excluding tert-OH is 1. The number of nitrogens with one attached hydrogen (secondary N) is 1. The number of alkyl carbamates (subject to hydrolysis) is 1. The van der Waals surface area contributed by atoms with Crippen LogP contribution in [0.4, 0.5) is 4.79 Å². The van der Waals surface area contributed by atoms with Gasteiger partial charge in [0.1, 0.15) is 6.10 Å². The lowest BCUT2D eigenvalue weighted by Gasteiger charge is -2.62. The van der Waals surface area contributed by atoms with Crippen LogP contribution in [-0.4, -0.2) is 76.2 Å². The van der Waals surface area contributed by atoms with Crippen molar-refractivity contribution in [2.24, 2.45) is 40.4 Å². The molecule has 0 unspecified atom stereocenters. The standard InChI is InChI=1S/C30H53NO12P2/c1-27(2,35)25-9-8-21-20-16-24(33)23-15-19(10-13-28(23,3)22(20)11-14-29(21,25)4)43-26(34)31-17-18(32)7-5-6-12-30(36,44(37,38)39)45(40,41)42/h19-25,33,35-36H,5-17H2,1-4H3,(H,31,34)(H2,37,38,39)(H2,40,41,42)/t19-,20-,21-,22-,23+,24-,25+,28+,29-/m0/s1. The minimum atomic E-state index is -5.55. The van der Waals surface area contributed by atoms with E-state index in [-0.39, 0.29) is 48.5 Å². The molecule has 0 aromatic rings. The predicted octanol–water partition coefficient (Wildman–Crippen LogP) is 3.61. The molecule has 0 aliphatic heterocycles. The topological polar surface area (TPSA) is 231 Å². The molecule has 13 nitrogen and oxygen atoms in total. The Morgan fingerprint density at radius 1 is 0.867 bits per heavy atom. The van der Waals surface area contributed by atoms with E-state index < -0.39 is 56.4 Å². The summed E-state index contributed by atoms with van der Waals surface area (Å²) in [4.78, 5) is 61.6. The first-order valence-electron chi connectivity index (χ1n) is 16.2. The molecule has 8 N–H and O–H groups in total. The fourth-order valence-electron chi connectivity index (χ4n) is 10.1. The molecule has 4 saturated carbocycles. The van der Waals surface area contributed by atoms with Gasteiger partial charge in [0, 0.05) is 6.42 Å². The molecular formula is C30H53NO12P2. The third-order valence-electron chi connectivity index (χ3n) is 12.3. The van der Waals surface area contributed by atoms with Gasteiger partial charge >= 0.3 is 21.3 Å². The Kier molecular flexibility index (Phi) is 10.6. The average molecular weight is 682 g/mol. The van der Waals surface area contributed by atoms with Crippen molar-refractivity contribution < 1.29 is 58.3 Å². The van der Waals surface area contributed by atoms with E-state index >= 15 is 0 Å². The van der Waals surface area contributed by atoms with Gasteiger partial charge in [-0.15, -0.1) is 0 Å². The fraction of sp³-hybridized carbons (Fsp3) is 0.933. The van der Waals surface area contributed by atoms with Gasteiger partial charge in [0.05, 0.1) is 18.2 Å². The second-order valence-electron chi connectivity index (χ2n) is 15.4. The smallest absolute Gasteiger partial charge is 0.407 e. The molecule has 260 valence electrons. The normalized spacial score (nSPS) is 37.3. The van der Waals surface area contributed by atoms with Crippen LogP contribution in [-0.2, 0) is 18.7 Å². The Labute approximate surface area is 265 Å². The van der Waals surface area contributed by atoms with Gasteiger partial charge in [-0.1, -0.05) is 13.8 Å². The third kappa shape index (κ3) is 7.13. The molecule has 0 bridgehead atoms. The highest BCUT2D eigenvalue weighted by Gasteiger charge is 2.64. The van der Waals surface area contributed by atoms with Crippen molar-refractivity contribution >= 4 is 27.1 Å². The molecule has 45 heavy (non-hydrogen) atoms. The molecule has 9 atom stereocenters. The van der Waals surface area contributed by atoms with Crippen LogP contribution in [0, 0.1) is 40.4 Å². The third-order valence-corrected chi connectivity index (χ3v) is 16.2. The second-order valence-corrected chi connectivity index (χ2v) is 19.4. The van der Waals surface area contributed by atoms with Crippen LogP contribution in [0.3, 0.4) is 0 Å². The van der Waals surface area contributed by atoms with Crippen molar-refractivity contribution in [1.29, 1.82) is 0 Å². The molecule has 0 radical (unpaired) electrons. The van der Waals surface area contributed by atoms with Crippen molar-refractivity contribution in [3.8, 4) is 0 Å². The van der Waals surface area contributed by atoms with Crippen molar-refractivity contribution in [2.45, 2.75) is 128 Å². The highest BCUT2D eigenvalue weighted by atomic mass is 31.2. The lowest BCUT2D eigenvalue weighted by molar-refractivity contribution is -0.177. The molecular weight excluding hydrogens is 628 g/mol. The van der Waals surface area contributed by atoms with Crippen molar-refractivity contribution in [1.82, 2.24) is 5.32 Å². The summed E-state index contributed by atoms with van der Waals surface area (Å²) in [7, 11) is -11.1. The summed E-state index contributed by atoms with van der Waals surface area (Å²) in [5.41, 5.74) is -0.742. The van der Waals surface area contributed by atoms with Gasteiger partial charge in [-0.25, -0.2) is 4.79 Å². The van der Waals surface area contributed by atoms with Crippen LogP contribution >= 0.6 is 15.2 Å². The Balaban J connectivity index is 1.25. The van der Waals surface area contributed by atoms with E-state index in [1.165, 1.54) is 0 Å². The van der Waals surface area contributed by atoms with E-state index in [9.17, 15) is 53.6 Å². The Hall–Kier alpha value is -0.880. The van der Waals surface area contributed by atoms with E-state index in [2.05, 4.69) is 19.2 Å². The SMILES string of the molecule is CC(C)(O)[C@H]1CC[C@H]2[C@@H]3C[C@H](O)[C@H]4C[C@@H](OC(=O)NCC(=O)CCCCC(O)(P(=O)(O)O)P(=O)(O)O)CC[C@]4(C)[C@H]3CC[C@]12C. The number of hydrogen-bond acceptors (Lipinski definition) is 8. The number of ether oxygens (including phenoxy) is 1. The number of unbranched alkanes of at least 4 members (excludes halogenated alkanes) is 1. The molecule has 0 heterocycles. The van der Waals surface area contributed by atoms with E-state index in [0.717, 1.165) is 38.5 Å². The van der Waals surface area contributed by atoms with E-state index in [1.807, 2.05) is 13.8 Å². The molecule has 0 saturated heterocycles. The lowest BCUT2D eigenvalue weighted by atomic mass is 9.43. The monoisotopic (exact) mass is 681 g/mol. The number of hydrogen-bond donors (Lipinski definition) is 8. The molecule has 0 spiro atoms. The van der Waals surface area contributed by atoms with Crippen LogP contribution < -0.4 is 5.32 Å². The maximum Gasteiger partial charge on any atom is 0.407 e. The fourth-order valence-corrected chi connectivity index (χ4v) is 12.4. The maximum absolute atomic E-state index is 12.5. The van der Waals surface area contributed by atoms with E-state index in [1.54, 1.807) is 0 Å². The van der Waals surface area contributed by atoms with Crippen LogP contribution in [0.1, 0.15) is 105 Å². The van der Waals surface area contributed by atoms with Crippen molar-refractivity contribution in [3.63, 3.8) is 0 Å². The summed E-state index contributed by atoms with van der Waals surface area (Å²) in [6.45, 7) is 8.13. The lowest BCUT2D eigenvalue weighted by Crippen LogP contribution is -2.59. The number of aliphatic hydroxyl groups is 3. The molecule has 0 aromatic heterocycles. The first-order valence-corrected chi connectivity index (χ1v) is 19.5. The number of ketones is 1. The van der Waals surface area contributed by atoms with Gasteiger partial charge in [0.2, 0.25) is 0 Å². The van der Waals surface area contributed by atoms with Gasteiger partial charge in [-0.2, -0.15) is 0 Å². The summed E-state index contributed by atoms with van der Waals surface area (Å²) < 4.78 is 28.5. The van der Waals surface area contributed by atoms with Crippen LogP contribution in [0.15, 0.2) is 0 Å². The summed E-state index contributed by atoms with van der Waals surface area (Å²) in [5, 5.41) is 31.2. The summed E-state index contributed by atoms with van der Waals surface area (Å²) >= 11 is 0. The summed E-state index contributed by atoms with van der Waals surface area (Å²) in [5.74, 6) is 1.16. The molecule has 0 aromatic carbocycles. The quantitative estimate of drug-likeness (QED) is 0.115. The summed E-state index contributed by atoms with van der Waals surface area (Å²) in [6, 6.07) is 0. The Morgan fingerprint density at radius 3 is 2.07 bits per heavy atom. The van der Waals surface area contributed by atoms with Crippen LogP contribution in [0.5, 0.6) is 0 Å². The molecule has 4 aliphatic carbocycles. The van der Waals surface area contributed by atoms with Gasteiger partial charge in [-0.3, -0.25) is 13.9 Å². The molecule has 4 rings (SSSR count). The number of rotatable bonds is 11. The number of amides is 1. The zero-order valence-electron chi connectivity index (χ0n) is 26.8. The van der Waals surface area contributed by atoms with Crippen molar-refractivity contribution in [2.75, 3.05) is 6.54 Å². The average Bonchev–Trinajstić information content (AvgIpc) is 3.27. The summed E-state index contributed by atoms with van der Waals surface area (Å²) in [6.07, 6.45) is 3.98. The zero-order chi connectivity index (χ0) is 33.8. The minimum Gasteiger partial charge on any atom is -0.446 e. The second kappa shape index (κ2) is 12.9. The van der Waals surface area contributed by atoms with Gasteiger partial charge < -0.3 is 44.9 Å². The van der Waals surface area contributed by atoms with E-state index in [0.29, 0.717) is 30.6 Å². The van der Waals surface area contributed by atoms with Crippen LogP contribution in [0.25, 0.3) is 0 Å². The highest BCUT2D eigenvalue weighted by Crippen LogP contribution is 2.70. The largest absolute Gasteiger partial charge is 0.446 e. The molecule has 15 heteroatoms. The van der Waals surface area contributed by atoms with Crippen LogP contribution in [0.2, 0.25) is 0 Å². The highest BCUT2D eigenvalue weighted by molar-refractivity contribution is 7.72. The van der Waals surface area contributed by atoms with Gasteiger partial charge in [-0.05, 0) is 125 Å². The first-order chi connectivity index (χ1) is 20.5. The van der Waals surface area contributed by atoms with Gasteiger partial charge in [0.15, 0.2) is 5.78 Å². The van der Waals surface area contributed by atoms with Crippen molar-refractivity contribution in [3.05, 3.63) is 0 Å². The number of Topliss-reactive ketones (excluding diaryl/α,β-unsaturated/α-hetero) is 1. The zero-order valence-corrected chi connectivity index (χ0v) is 28.6. The predicted molar refractivity (Wildman–Crippen MR) is 164 cm³/mol. The molecule has 1 amide bonds. The minimum absolute atomic E-state index is 0.0114. The molecule has 4 aliphatic rings. The van der Waals surface area contributed by atoms with Gasteiger partial charge in [0.25, 0.3) is 5.08 Å². The first kappa shape index (κ1) is 36.9. The Bertz CT molecular complexity index is 1190. The number of carbonyl (C=O) groups excluding carboxylic acids is 2. The molecule has 4 fully saturated rings. The Morgan fingerprint density at radius 2 is 1.47 bits per heavy atom. The van der Waals surface area contributed by atoms with E-state index in [4.69, 9.17) is 4.74 Å². The number of carbonyl (C=O) groups is 2. The number of fused-ring (bicyclic) bond motifs is 5.